The molecule has 0 saturated heterocycles. The minimum atomic E-state index is 0.507. The van der Waals surface area contributed by atoms with Crippen molar-refractivity contribution in [3.8, 4) is 0 Å². The molecule has 0 radical (unpaired) electrons. The van der Waals surface area contributed by atoms with Gasteiger partial charge in [0.05, 0.1) is 0 Å². The summed E-state index contributed by atoms with van der Waals surface area (Å²) in [7, 11) is 0. The first kappa shape index (κ1) is 9.19. The van der Waals surface area contributed by atoms with Gasteiger partial charge >= 0.3 is 0 Å². The van der Waals surface area contributed by atoms with Gasteiger partial charge in [0.15, 0.2) is 0 Å². The molecule has 66 valence electrons. The number of hydrogen-bond acceptors (Lipinski definition) is 3. The Morgan fingerprint density at radius 2 is 1.92 bits per heavy atom. The lowest BCUT2D eigenvalue weighted by atomic mass is 10.1. The summed E-state index contributed by atoms with van der Waals surface area (Å²) in [4.78, 5) is 0. The molecule has 1 aromatic carbocycles. The van der Waals surface area contributed by atoms with E-state index >= 15 is 0 Å². The molecule has 0 aliphatic carbocycles. The molecule has 0 fully saturated rings. The largest absolute Gasteiger partial charge is 0.326 e. The van der Waals surface area contributed by atoms with E-state index in [4.69, 9.17) is 11.5 Å². The van der Waals surface area contributed by atoms with Crippen molar-refractivity contribution in [2.45, 2.75) is 13.1 Å². The van der Waals surface area contributed by atoms with Crippen LogP contribution in [0.1, 0.15) is 11.1 Å². The van der Waals surface area contributed by atoms with E-state index in [-0.39, 0.29) is 0 Å². The van der Waals surface area contributed by atoms with Gasteiger partial charge < -0.3 is 16.8 Å². The molecule has 0 heterocycles. The standard InChI is InChI=1S/C9H15N3/c10-5-8-2-1-3-9(4-8)6-12-7-11/h1-4,12H,5-7,10-11H2. The Hall–Kier alpha value is -0.900. The minimum absolute atomic E-state index is 0.507. The summed E-state index contributed by atoms with van der Waals surface area (Å²) in [5.74, 6) is 0. The third-order valence-corrected chi connectivity index (χ3v) is 1.70. The maximum Gasteiger partial charge on any atom is 0.0431 e. The second-order valence-corrected chi connectivity index (χ2v) is 2.65. The molecule has 0 atom stereocenters. The molecule has 3 nitrogen and oxygen atoms in total. The van der Waals surface area contributed by atoms with Crippen LogP contribution in [0.25, 0.3) is 0 Å². The molecular weight excluding hydrogens is 150 g/mol. The molecule has 1 rings (SSSR count). The zero-order chi connectivity index (χ0) is 8.81. The van der Waals surface area contributed by atoms with Gasteiger partial charge in [-0.25, -0.2) is 0 Å². The monoisotopic (exact) mass is 165 g/mol. The summed E-state index contributed by atoms with van der Waals surface area (Å²) in [6.45, 7) is 1.91. The van der Waals surface area contributed by atoms with E-state index in [2.05, 4.69) is 17.4 Å². The van der Waals surface area contributed by atoms with Gasteiger partial charge in [0, 0.05) is 19.8 Å². The van der Waals surface area contributed by atoms with E-state index in [1.165, 1.54) is 5.56 Å². The summed E-state index contributed by atoms with van der Waals surface area (Å²) in [6, 6.07) is 8.17. The molecule has 1 aromatic rings. The van der Waals surface area contributed by atoms with Crippen LogP contribution in [0.2, 0.25) is 0 Å². The van der Waals surface area contributed by atoms with Crippen LogP contribution in [-0.4, -0.2) is 6.67 Å². The number of nitrogens with one attached hydrogen (secondary N) is 1. The van der Waals surface area contributed by atoms with Crippen LogP contribution in [0.5, 0.6) is 0 Å². The second-order valence-electron chi connectivity index (χ2n) is 2.65. The second kappa shape index (κ2) is 4.87. The van der Waals surface area contributed by atoms with Crippen molar-refractivity contribution < 1.29 is 0 Å². The van der Waals surface area contributed by atoms with Crippen molar-refractivity contribution in [1.82, 2.24) is 5.32 Å². The molecular formula is C9H15N3. The van der Waals surface area contributed by atoms with Gasteiger partial charge in [-0.3, -0.25) is 0 Å². The molecule has 3 heteroatoms. The van der Waals surface area contributed by atoms with Crippen molar-refractivity contribution in [3.05, 3.63) is 35.4 Å². The normalized spacial score (nSPS) is 10.2. The first-order valence-electron chi connectivity index (χ1n) is 4.05. The zero-order valence-electron chi connectivity index (χ0n) is 7.09. The number of nitrogens with two attached hydrogens (primary N) is 2. The van der Waals surface area contributed by atoms with E-state index in [9.17, 15) is 0 Å². The Labute approximate surface area is 72.8 Å². The molecule has 0 aromatic heterocycles. The maximum atomic E-state index is 5.50. The third kappa shape index (κ3) is 2.62. The Morgan fingerprint density at radius 1 is 1.17 bits per heavy atom. The zero-order valence-corrected chi connectivity index (χ0v) is 7.09. The van der Waals surface area contributed by atoms with Crippen LogP contribution in [0.3, 0.4) is 0 Å². The molecule has 5 N–H and O–H groups in total. The smallest absolute Gasteiger partial charge is 0.0431 e. The highest BCUT2D eigenvalue weighted by molar-refractivity contribution is 5.23. The average molecular weight is 165 g/mol. The van der Waals surface area contributed by atoms with Crippen LogP contribution in [0, 0.1) is 0 Å². The lowest BCUT2D eigenvalue weighted by molar-refractivity contribution is 0.708. The third-order valence-electron chi connectivity index (χ3n) is 1.70. The lowest BCUT2D eigenvalue weighted by Crippen LogP contribution is -2.21. The molecule has 0 bridgehead atoms. The summed E-state index contributed by atoms with van der Waals surface area (Å²) < 4.78 is 0. The predicted molar refractivity (Wildman–Crippen MR) is 50.2 cm³/mol. The fourth-order valence-corrected chi connectivity index (χ4v) is 1.08. The maximum absolute atomic E-state index is 5.50. The van der Waals surface area contributed by atoms with Gasteiger partial charge in [-0.15, -0.1) is 0 Å². The number of benzene rings is 1. The topological polar surface area (TPSA) is 64.1 Å². The highest BCUT2D eigenvalue weighted by Gasteiger charge is 1.92. The fourth-order valence-electron chi connectivity index (χ4n) is 1.08. The quantitative estimate of drug-likeness (QED) is 0.556. The summed E-state index contributed by atoms with van der Waals surface area (Å²) in [6.07, 6.45) is 0. The highest BCUT2D eigenvalue weighted by Crippen LogP contribution is 2.03. The van der Waals surface area contributed by atoms with Crippen LogP contribution in [0.15, 0.2) is 24.3 Å². The fraction of sp³-hybridized carbons (Fsp3) is 0.333. The molecule has 12 heavy (non-hydrogen) atoms. The van der Waals surface area contributed by atoms with Gasteiger partial charge in [-0.05, 0) is 11.1 Å². The minimum Gasteiger partial charge on any atom is -0.326 e. The van der Waals surface area contributed by atoms with Gasteiger partial charge in [-0.2, -0.15) is 0 Å². The van der Waals surface area contributed by atoms with Gasteiger partial charge in [0.1, 0.15) is 0 Å². The molecule has 0 unspecified atom stereocenters. The van der Waals surface area contributed by atoms with Crippen LogP contribution < -0.4 is 16.8 Å². The summed E-state index contributed by atoms with van der Waals surface area (Å²) in [5.41, 5.74) is 13.2. The number of rotatable bonds is 4. The van der Waals surface area contributed by atoms with Crippen LogP contribution in [-0.2, 0) is 13.1 Å². The van der Waals surface area contributed by atoms with Crippen molar-refractivity contribution in [1.29, 1.82) is 0 Å². The van der Waals surface area contributed by atoms with Crippen molar-refractivity contribution in [2.75, 3.05) is 6.67 Å². The van der Waals surface area contributed by atoms with E-state index in [1.807, 2.05) is 12.1 Å². The van der Waals surface area contributed by atoms with Crippen molar-refractivity contribution in [2.24, 2.45) is 11.5 Å². The number of hydrogen-bond donors (Lipinski definition) is 3. The first-order chi connectivity index (χ1) is 5.86. The molecule has 0 aliphatic rings. The molecule has 0 aliphatic heterocycles. The van der Waals surface area contributed by atoms with Crippen LogP contribution in [0.4, 0.5) is 0 Å². The Bertz CT molecular complexity index is 235. The van der Waals surface area contributed by atoms with Crippen molar-refractivity contribution in [3.63, 3.8) is 0 Å². The van der Waals surface area contributed by atoms with Crippen molar-refractivity contribution >= 4 is 0 Å². The van der Waals surface area contributed by atoms with Gasteiger partial charge in [-0.1, -0.05) is 24.3 Å². The SMILES string of the molecule is NCNCc1cccc(CN)c1. The summed E-state index contributed by atoms with van der Waals surface area (Å²) in [5, 5.41) is 3.05. The predicted octanol–water partition coefficient (Wildman–Crippen LogP) is 0.151. The highest BCUT2D eigenvalue weighted by atomic mass is 14.9. The van der Waals surface area contributed by atoms with Gasteiger partial charge in [0.2, 0.25) is 0 Å². The Balaban J connectivity index is 2.60. The lowest BCUT2D eigenvalue weighted by Gasteiger charge is -2.03. The van der Waals surface area contributed by atoms with Gasteiger partial charge in [0.25, 0.3) is 0 Å². The van der Waals surface area contributed by atoms with E-state index in [0.717, 1.165) is 12.1 Å². The van der Waals surface area contributed by atoms with E-state index in [1.54, 1.807) is 0 Å². The van der Waals surface area contributed by atoms with E-state index in [0.29, 0.717) is 13.2 Å². The Kier molecular flexibility index (Phi) is 3.73. The molecule has 0 spiro atoms. The Morgan fingerprint density at radius 3 is 2.58 bits per heavy atom. The van der Waals surface area contributed by atoms with E-state index < -0.39 is 0 Å². The molecule has 0 saturated carbocycles. The van der Waals surface area contributed by atoms with Crippen LogP contribution >= 0.6 is 0 Å². The summed E-state index contributed by atoms with van der Waals surface area (Å²) >= 11 is 0. The first-order valence-corrected chi connectivity index (χ1v) is 4.05. The average Bonchev–Trinajstić information content (AvgIpc) is 2.15. The molecule has 0 amide bonds.